The van der Waals surface area contributed by atoms with Crippen molar-refractivity contribution in [2.75, 3.05) is 33.3 Å². The van der Waals surface area contributed by atoms with E-state index in [1.165, 1.54) is 0 Å². The number of hydrogen-bond donors (Lipinski definition) is 0. The van der Waals surface area contributed by atoms with Gasteiger partial charge in [-0.05, 0) is 18.1 Å². The molecule has 150 valence electrons. The number of methoxy groups -OCH3 is 1. The van der Waals surface area contributed by atoms with Crippen LogP contribution in [0.2, 0.25) is 0 Å². The van der Waals surface area contributed by atoms with Gasteiger partial charge in [-0.15, -0.1) is 10.2 Å². The molecule has 1 aromatic heterocycles. The van der Waals surface area contributed by atoms with Crippen LogP contribution in [-0.4, -0.2) is 65.1 Å². The third kappa shape index (κ3) is 5.09. The first kappa shape index (κ1) is 19.9. The number of ether oxygens (including phenoxy) is 1. The van der Waals surface area contributed by atoms with Crippen LogP contribution < -0.4 is 4.74 Å². The molecule has 1 aliphatic rings. The highest BCUT2D eigenvalue weighted by atomic mass is 16.5. The first-order chi connectivity index (χ1) is 13.6. The van der Waals surface area contributed by atoms with Crippen molar-refractivity contribution in [1.29, 1.82) is 0 Å². The normalized spacial score (nSPS) is 14.2. The number of carbonyl (C=O) groups excluding carboxylic acids is 2. The summed E-state index contributed by atoms with van der Waals surface area (Å²) in [5, 5.41) is 7.67. The van der Waals surface area contributed by atoms with Gasteiger partial charge in [-0.25, -0.2) is 0 Å². The van der Waals surface area contributed by atoms with Crippen LogP contribution in [0.1, 0.15) is 30.2 Å². The fourth-order valence-corrected chi connectivity index (χ4v) is 3.32. The molecule has 0 bridgehead atoms. The summed E-state index contributed by atoms with van der Waals surface area (Å²) in [6, 6.07) is 7.75. The molecule has 0 saturated carbocycles. The first-order valence-corrected chi connectivity index (χ1v) is 9.53. The van der Waals surface area contributed by atoms with E-state index in [1.807, 2.05) is 29.2 Å². The van der Waals surface area contributed by atoms with Crippen molar-refractivity contribution in [3.8, 4) is 5.75 Å². The quantitative estimate of drug-likeness (QED) is 0.718. The number of hydrogen-bond acceptors (Lipinski definition) is 6. The number of amides is 2. The third-order valence-corrected chi connectivity index (χ3v) is 4.91. The zero-order valence-corrected chi connectivity index (χ0v) is 16.4. The average molecular weight is 386 g/mol. The Balaban J connectivity index is 1.41. The predicted octanol–water partition coefficient (Wildman–Crippen LogP) is 1.62. The molecular formula is C20H26N4O4. The summed E-state index contributed by atoms with van der Waals surface area (Å²) in [4.78, 5) is 28.5. The lowest BCUT2D eigenvalue weighted by Crippen LogP contribution is -2.50. The minimum absolute atomic E-state index is 0.0528. The van der Waals surface area contributed by atoms with Gasteiger partial charge in [0.1, 0.15) is 5.75 Å². The lowest BCUT2D eigenvalue weighted by Gasteiger charge is -2.35. The lowest BCUT2D eigenvalue weighted by molar-refractivity contribution is -0.139. The van der Waals surface area contributed by atoms with Crippen LogP contribution in [0.4, 0.5) is 0 Å². The third-order valence-electron chi connectivity index (χ3n) is 4.91. The van der Waals surface area contributed by atoms with Crippen LogP contribution in [0.3, 0.4) is 0 Å². The van der Waals surface area contributed by atoms with E-state index >= 15 is 0 Å². The number of para-hydroxylation sites is 1. The molecule has 8 heteroatoms. The maximum absolute atomic E-state index is 12.5. The standard InChI is InChI=1S/C20H26N4O4/c1-15-21-22-18(28-15)8-10-20(26)24-13-11-23(12-14-24)19(25)9-7-16-5-3-4-6-17(16)27-2/h3-6H,7-14H2,1-2H3. The number of carbonyl (C=O) groups is 2. The van der Waals surface area contributed by atoms with Crippen molar-refractivity contribution in [2.24, 2.45) is 0 Å². The molecule has 1 saturated heterocycles. The van der Waals surface area contributed by atoms with E-state index in [0.717, 1.165) is 11.3 Å². The van der Waals surface area contributed by atoms with Gasteiger partial charge in [-0.2, -0.15) is 0 Å². The number of rotatable bonds is 7. The molecule has 8 nitrogen and oxygen atoms in total. The molecule has 1 fully saturated rings. The summed E-state index contributed by atoms with van der Waals surface area (Å²) < 4.78 is 10.6. The van der Waals surface area contributed by atoms with Crippen molar-refractivity contribution in [1.82, 2.24) is 20.0 Å². The highest BCUT2D eigenvalue weighted by molar-refractivity contribution is 5.78. The number of piperazine rings is 1. The molecule has 0 spiro atoms. The Kier molecular flexibility index (Phi) is 6.62. The molecule has 1 aromatic carbocycles. The zero-order chi connectivity index (χ0) is 19.9. The number of aromatic nitrogens is 2. The Labute approximate surface area is 164 Å². The Morgan fingerprint density at radius 2 is 1.61 bits per heavy atom. The van der Waals surface area contributed by atoms with Gasteiger partial charge in [0.05, 0.1) is 7.11 Å². The van der Waals surface area contributed by atoms with Crippen LogP contribution in [0.25, 0.3) is 0 Å². The number of aryl methyl sites for hydroxylation is 3. The minimum atomic E-state index is 0.0528. The molecule has 0 radical (unpaired) electrons. The van der Waals surface area contributed by atoms with Gasteiger partial charge >= 0.3 is 0 Å². The molecule has 28 heavy (non-hydrogen) atoms. The SMILES string of the molecule is COc1ccccc1CCC(=O)N1CCN(C(=O)CCc2nnc(C)o2)CC1. The van der Waals surface area contributed by atoms with Crippen molar-refractivity contribution >= 4 is 11.8 Å². The van der Waals surface area contributed by atoms with E-state index in [0.29, 0.717) is 63.6 Å². The van der Waals surface area contributed by atoms with Crippen LogP contribution in [0, 0.1) is 6.92 Å². The summed E-state index contributed by atoms with van der Waals surface area (Å²) in [7, 11) is 1.64. The molecule has 0 N–H and O–H groups in total. The molecule has 0 atom stereocenters. The molecule has 2 amide bonds. The van der Waals surface area contributed by atoms with Gasteiger partial charge in [0, 0.05) is 52.4 Å². The van der Waals surface area contributed by atoms with Gasteiger partial charge in [0.25, 0.3) is 0 Å². The van der Waals surface area contributed by atoms with E-state index in [-0.39, 0.29) is 11.8 Å². The average Bonchev–Trinajstić information content (AvgIpc) is 3.15. The summed E-state index contributed by atoms with van der Waals surface area (Å²) in [5.74, 6) is 1.96. The molecule has 0 aliphatic carbocycles. The van der Waals surface area contributed by atoms with Gasteiger partial charge in [0.2, 0.25) is 23.6 Å². The zero-order valence-electron chi connectivity index (χ0n) is 16.4. The fourth-order valence-electron chi connectivity index (χ4n) is 3.32. The highest BCUT2D eigenvalue weighted by Crippen LogP contribution is 2.19. The maximum atomic E-state index is 12.5. The number of benzene rings is 1. The highest BCUT2D eigenvalue weighted by Gasteiger charge is 2.24. The lowest BCUT2D eigenvalue weighted by atomic mass is 10.1. The first-order valence-electron chi connectivity index (χ1n) is 9.53. The predicted molar refractivity (Wildman–Crippen MR) is 102 cm³/mol. The van der Waals surface area contributed by atoms with Crippen LogP contribution in [0.5, 0.6) is 5.75 Å². The molecule has 2 aromatic rings. The monoisotopic (exact) mass is 386 g/mol. The van der Waals surface area contributed by atoms with Crippen molar-refractivity contribution in [3.05, 3.63) is 41.6 Å². The smallest absolute Gasteiger partial charge is 0.223 e. The Hall–Kier alpha value is -2.90. The summed E-state index contributed by atoms with van der Waals surface area (Å²) in [6.45, 7) is 3.97. The number of nitrogens with zero attached hydrogens (tertiary/aromatic N) is 4. The van der Waals surface area contributed by atoms with Crippen molar-refractivity contribution < 1.29 is 18.7 Å². The Morgan fingerprint density at radius 1 is 1.00 bits per heavy atom. The van der Waals surface area contributed by atoms with Gasteiger partial charge in [-0.3, -0.25) is 9.59 Å². The molecule has 1 aliphatic heterocycles. The Bertz CT molecular complexity index is 812. The van der Waals surface area contributed by atoms with Gasteiger partial charge in [0.15, 0.2) is 0 Å². The van der Waals surface area contributed by atoms with Gasteiger partial charge in [-0.1, -0.05) is 18.2 Å². The fraction of sp³-hybridized carbons (Fsp3) is 0.500. The second-order valence-electron chi connectivity index (χ2n) is 6.79. The topological polar surface area (TPSA) is 88.8 Å². The van der Waals surface area contributed by atoms with Gasteiger partial charge < -0.3 is 19.0 Å². The summed E-state index contributed by atoms with van der Waals surface area (Å²) in [5.41, 5.74) is 1.03. The van der Waals surface area contributed by atoms with Crippen molar-refractivity contribution in [2.45, 2.75) is 32.6 Å². The largest absolute Gasteiger partial charge is 0.496 e. The molecule has 2 heterocycles. The minimum Gasteiger partial charge on any atom is -0.496 e. The molecule has 0 unspecified atom stereocenters. The van der Waals surface area contributed by atoms with Crippen LogP contribution in [0.15, 0.2) is 28.7 Å². The Morgan fingerprint density at radius 3 is 2.18 bits per heavy atom. The van der Waals surface area contributed by atoms with E-state index in [2.05, 4.69) is 10.2 Å². The second kappa shape index (κ2) is 9.34. The van der Waals surface area contributed by atoms with E-state index in [4.69, 9.17) is 9.15 Å². The maximum Gasteiger partial charge on any atom is 0.223 e. The van der Waals surface area contributed by atoms with Crippen LogP contribution in [-0.2, 0) is 22.4 Å². The molecule has 3 rings (SSSR count). The summed E-state index contributed by atoms with van der Waals surface area (Å²) in [6.07, 6.45) is 1.86. The van der Waals surface area contributed by atoms with E-state index in [1.54, 1.807) is 18.9 Å². The second-order valence-corrected chi connectivity index (χ2v) is 6.79. The van der Waals surface area contributed by atoms with E-state index < -0.39 is 0 Å². The van der Waals surface area contributed by atoms with Crippen LogP contribution >= 0.6 is 0 Å². The van der Waals surface area contributed by atoms with Crippen molar-refractivity contribution in [3.63, 3.8) is 0 Å². The van der Waals surface area contributed by atoms with E-state index in [9.17, 15) is 9.59 Å². The summed E-state index contributed by atoms with van der Waals surface area (Å²) >= 11 is 0. The molecular weight excluding hydrogens is 360 g/mol.